The van der Waals surface area contributed by atoms with Gasteiger partial charge in [-0.25, -0.2) is 17.7 Å². The number of carbonyl (C=O) groups is 1. The van der Waals surface area contributed by atoms with Crippen molar-refractivity contribution in [1.82, 2.24) is 19.6 Å². The van der Waals surface area contributed by atoms with Gasteiger partial charge in [-0.05, 0) is 50.1 Å². The van der Waals surface area contributed by atoms with Gasteiger partial charge in [0.25, 0.3) is 5.91 Å². The molecule has 0 aliphatic carbocycles. The zero-order valence-electron chi connectivity index (χ0n) is 17.9. The number of amides is 1. The number of benzene rings is 2. The van der Waals surface area contributed by atoms with Crippen molar-refractivity contribution in [3.8, 4) is 0 Å². The topological polar surface area (TPSA) is 98.4 Å². The minimum Gasteiger partial charge on any atom is -0.371 e. The van der Waals surface area contributed by atoms with Crippen LogP contribution in [0.5, 0.6) is 0 Å². The monoisotopic (exact) mass is 441 g/mol. The maximum Gasteiger partial charge on any atom is 0.254 e. The fourth-order valence-electron chi connectivity index (χ4n) is 3.82. The highest BCUT2D eigenvalue weighted by molar-refractivity contribution is 7.89. The fraction of sp³-hybridized carbons (Fsp3) is 0.364. The molecule has 2 N–H and O–H groups in total. The lowest BCUT2D eigenvalue weighted by molar-refractivity contribution is 0.0938. The van der Waals surface area contributed by atoms with Gasteiger partial charge in [0.2, 0.25) is 10.0 Å². The molecule has 1 amide bonds. The number of H-pyrrole nitrogens is 1. The number of imidazole rings is 1. The minimum absolute atomic E-state index is 0.0991. The Bertz CT molecular complexity index is 1180. The van der Waals surface area contributed by atoms with Gasteiger partial charge in [-0.3, -0.25) is 4.79 Å². The van der Waals surface area contributed by atoms with Gasteiger partial charge in [0.05, 0.1) is 27.5 Å². The van der Waals surface area contributed by atoms with E-state index in [4.69, 9.17) is 0 Å². The molecule has 31 heavy (non-hydrogen) atoms. The Morgan fingerprint density at radius 2 is 1.87 bits per heavy atom. The Morgan fingerprint density at radius 3 is 2.55 bits per heavy atom. The molecule has 1 saturated heterocycles. The van der Waals surface area contributed by atoms with E-state index in [0.29, 0.717) is 11.4 Å². The highest BCUT2D eigenvalue weighted by Gasteiger charge is 2.25. The van der Waals surface area contributed by atoms with Gasteiger partial charge in [-0.2, -0.15) is 0 Å². The first-order valence-electron chi connectivity index (χ1n) is 10.3. The molecule has 8 nitrogen and oxygen atoms in total. The number of carbonyl (C=O) groups excluding carboxylic acids is 1. The number of aromatic amines is 1. The van der Waals surface area contributed by atoms with E-state index in [0.717, 1.165) is 47.0 Å². The molecule has 0 bridgehead atoms. The third kappa shape index (κ3) is 4.15. The van der Waals surface area contributed by atoms with Crippen LogP contribution in [0.15, 0.2) is 47.4 Å². The fourth-order valence-corrected chi connectivity index (χ4v) is 4.75. The molecule has 0 spiro atoms. The van der Waals surface area contributed by atoms with Gasteiger partial charge in [-0.1, -0.05) is 12.1 Å². The van der Waals surface area contributed by atoms with E-state index in [-0.39, 0.29) is 16.8 Å². The normalized spacial score (nSPS) is 15.5. The summed E-state index contributed by atoms with van der Waals surface area (Å²) in [4.78, 5) is 23.3. The molecule has 4 rings (SSSR count). The standard InChI is InChI=1S/C22H27N5O3S/c1-15(21-24-18-8-4-5-9-19(18)25-21)23-22(28)17-14-16(31(29,30)26(2)3)10-11-20(17)27-12-6-7-13-27/h4-5,8-11,14-15H,6-7,12-13H2,1-3H3,(H,23,28)(H,24,25). The smallest absolute Gasteiger partial charge is 0.254 e. The Kier molecular flexibility index (Phi) is 5.72. The first-order chi connectivity index (χ1) is 14.8. The van der Waals surface area contributed by atoms with Crippen LogP contribution in [0, 0.1) is 0 Å². The number of hydrogen-bond acceptors (Lipinski definition) is 5. The van der Waals surface area contributed by atoms with Gasteiger partial charge in [0, 0.05) is 32.9 Å². The van der Waals surface area contributed by atoms with E-state index >= 15 is 0 Å². The number of aromatic nitrogens is 2. The van der Waals surface area contributed by atoms with Gasteiger partial charge < -0.3 is 15.2 Å². The zero-order valence-corrected chi connectivity index (χ0v) is 18.7. The van der Waals surface area contributed by atoms with Crippen LogP contribution in [0.25, 0.3) is 11.0 Å². The third-order valence-corrected chi connectivity index (χ3v) is 7.41. The molecule has 1 fully saturated rings. The number of hydrogen-bond donors (Lipinski definition) is 2. The molecule has 0 saturated carbocycles. The summed E-state index contributed by atoms with van der Waals surface area (Å²) in [6.45, 7) is 3.55. The predicted octanol–water partition coefficient (Wildman–Crippen LogP) is 2.90. The van der Waals surface area contributed by atoms with Crippen LogP contribution < -0.4 is 10.2 Å². The van der Waals surface area contributed by atoms with Crippen LogP contribution in [0.4, 0.5) is 5.69 Å². The lowest BCUT2D eigenvalue weighted by Gasteiger charge is -2.23. The van der Waals surface area contributed by atoms with Crippen molar-refractivity contribution in [1.29, 1.82) is 0 Å². The average Bonchev–Trinajstić information content (AvgIpc) is 3.43. The molecule has 1 aliphatic rings. The first-order valence-corrected chi connectivity index (χ1v) is 11.8. The molecule has 3 aromatic rings. The second-order valence-electron chi connectivity index (χ2n) is 7.99. The van der Waals surface area contributed by atoms with Crippen molar-refractivity contribution in [2.45, 2.75) is 30.7 Å². The summed E-state index contributed by atoms with van der Waals surface area (Å²) in [7, 11) is -0.696. The molecule has 1 atom stereocenters. The Morgan fingerprint density at radius 1 is 1.16 bits per heavy atom. The van der Waals surface area contributed by atoms with E-state index in [1.54, 1.807) is 12.1 Å². The number of sulfonamides is 1. The first kappa shape index (κ1) is 21.3. The maximum absolute atomic E-state index is 13.3. The van der Waals surface area contributed by atoms with E-state index in [2.05, 4.69) is 20.2 Å². The van der Waals surface area contributed by atoms with Crippen molar-refractivity contribution >= 4 is 32.7 Å². The molecule has 9 heteroatoms. The Balaban J connectivity index is 1.67. The second-order valence-corrected chi connectivity index (χ2v) is 10.1. The van der Waals surface area contributed by atoms with E-state index in [1.807, 2.05) is 31.2 Å². The van der Waals surface area contributed by atoms with Gasteiger partial charge >= 0.3 is 0 Å². The van der Waals surface area contributed by atoms with Crippen molar-refractivity contribution in [2.75, 3.05) is 32.1 Å². The van der Waals surface area contributed by atoms with Crippen LogP contribution in [0.2, 0.25) is 0 Å². The summed E-state index contributed by atoms with van der Waals surface area (Å²) >= 11 is 0. The van der Waals surface area contributed by atoms with Gasteiger partial charge in [0.15, 0.2) is 0 Å². The molecule has 2 heterocycles. The third-order valence-electron chi connectivity index (χ3n) is 5.60. The minimum atomic E-state index is -3.65. The Hall–Kier alpha value is -2.91. The van der Waals surface area contributed by atoms with Crippen molar-refractivity contribution in [2.24, 2.45) is 0 Å². The Labute approximate surface area is 182 Å². The summed E-state index contributed by atoms with van der Waals surface area (Å²) in [5, 5.41) is 2.98. The second kappa shape index (κ2) is 8.32. The molecule has 1 aromatic heterocycles. The molecule has 2 aromatic carbocycles. The summed E-state index contributed by atoms with van der Waals surface area (Å²) < 4.78 is 26.4. The summed E-state index contributed by atoms with van der Waals surface area (Å²) in [6.07, 6.45) is 2.10. The lowest BCUT2D eigenvalue weighted by Crippen LogP contribution is -2.30. The van der Waals surface area contributed by atoms with Crippen LogP contribution in [-0.2, 0) is 10.0 Å². The number of para-hydroxylation sites is 2. The number of nitrogens with zero attached hydrogens (tertiary/aromatic N) is 3. The van der Waals surface area contributed by atoms with E-state index in [9.17, 15) is 13.2 Å². The van der Waals surface area contributed by atoms with Crippen LogP contribution in [0.3, 0.4) is 0 Å². The highest BCUT2D eigenvalue weighted by Crippen LogP contribution is 2.29. The number of nitrogens with one attached hydrogen (secondary N) is 2. The largest absolute Gasteiger partial charge is 0.371 e. The lowest BCUT2D eigenvalue weighted by atomic mass is 10.1. The average molecular weight is 442 g/mol. The van der Waals surface area contributed by atoms with Crippen molar-refractivity contribution < 1.29 is 13.2 Å². The molecule has 1 unspecified atom stereocenters. The molecule has 1 aliphatic heterocycles. The van der Waals surface area contributed by atoms with Crippen molar-refractivity contribution in [3.05, 3.63) is 53.9 Å². The summed E-state index contributed by atoms with van der Waals surface area (Å²) in [6, 6.07) is 12.1. The van der Waals surface area contributed by atoms with E-state index < -0.39 is 10.0 Å². The number of anilines is 1. The maximum atomic E-state index is 13.3. The van der Waals surface area contributed by atoms with Crippen LogP contribution >= 0.6 is 0 Å². The van der Waals surface area contributed by atoms with Gasteiger partial charge in [0.1, 0.15) is 5.82 Å². The highest BCUT2D eigenvalue weighted by atomic mass is 32.2. The summed E-state index contributed by atoms with van der Waals surface area (Å²) in [5.74, 6) is 0.319. The molecule has 164 valence electrons. The zero-order chi connectivity index (χ0) is 22.2. The van der Waals surface area contributed by atoms with Gasteiger partial charge in [-0.15, -0.1) is 0 Å². The van der Waals surface area contributed by atoms with E-state index in [1.165, 1.54) is 20.2 Å². The van der Waals surface area contributed by atoms with Crippen molar-refractivity contribution in [3.63, 3.8) is 0 Å². The summed E-state index contributed by atoms with van der Waals surface area (Å²) in [5.41, 5.74) is 2.84. The van der Waals surface area contributed by atoms with Crippen LogP contribution in [-0.4, -0.2) is 55.8 Å². The predicted molar refractivity (Wildman–Crippen MR) is 121 cm³/mol. The number of rotatable bonds is 6. The SMILES string of the molecule is CC(NC(=O)c1cc(S(=O)(=O)N(C)C)ccc1N1CCCC1)c1nc2ccccc2[nH]1. The quantitative estimate of drug-likeness (QED) is 0.613. The molecular formula is C22H27N5O3S. The number of fused-ring (bicyclic) bond motifs is 1. The molecular weight excluding hydrogens is 414 g/mol. The van der Waals surface area contributed by atoms with Crippen LogP contribution in [0.1, 0.15) is 42.0 Å². The molecule has 0 radical (unpaired) electrons.